The summed E-state index contributed by atoms with van der Waals surface area (Å²) in [6, 6.07) is 7.77. The minimum atomic E-state index is -0.337. The van der Waals surface area contributed by atoms with Crippen LogP contribution in [0.25, 0.3) is 0 Å². The lowest BCUT2D eigenvalue weighted by molar-refractivity contribution is -0.113. The number of amides is 1. The predicted octanol–water partition coefficient (Wildman–Crippen LogP) is 2.19. The molecule has 0 radical (unpaired) electrons. The Hall–Kier alpha value is -2.15. The molecule has 0 fully saturated rings. The van der Waals surface area contributed by atoms with Gasteiger partial charge in [-0.25, -0.2) is 0 Å². The third kappa shape index (κ3) is 4.70. The van der Waals surface area contributed by atoms with E-state index < -0.39 is 0 Å². The molecule has 7 heteroatoms. The molecule has 2 rings (SSSR count). The van der Waals surface area contributed by atoms with Crippen LogP contribution in [0.2, 0.25) is 0 Å². The number of hydrogen-bond donors (Lipinski definition) is 2. The lowest BCUT2D eigenvalue weighted by atomic mass is 9.87. The smallest absolute Gasteiger partial charge is 0.270 e. The summed E-state index contributed by atoms with van der Waals surface area (Å²) in [5.74, 6) is -0.0182. The van der Waals surface area contributed by atoms with Crippen molar-refractivity contribution in [2.75, 3.05) is 11.1 Å². The van der Waals surface area contributed by atoms with E-state index in [9.17, 15) is 9.59 Å². The second-order valence-electron chi connectivity index (χ2n) is 5.80. The molecule has 0 saturated carbocycles. The van der Waals surface area contributed by atoms with Crippen molar-refractivity contribution >= 4 is 23.4 Å². The highest BCUT2D eigenvalue weighted by molar-refractivity contribution is 7.99. The van der Waals surface area contributed by atoms with Gasteiger partial charge in [0.05, 0.1) is 5.75 Å². The fourth-order valence-corrected chi connectivity index (χ4v) is 2.36. The van der Waals surface area contributed by atoms with Gasteiger partial charge < -0.3 is 5.32 Å². The molecule has 6 nitrogen and oxygen atoms in total. The Morgan fingerprint density at radius 1 is 1.27 bits per heavy atom. The molecule has 0 unspecified atom stereocenters. The quantitative estimate of drug-likeness (QED) is 0.844. The van der Waals surface area contributed by atoms with E-state index in [1.807, 2.05) is 24.3 Å². The zero-order chi connectivity index (χ0) is 16.2. The molecule has 1 aromatic carbocycles. The zero-order valence-corrected chi connectivity index (χ0v) is 13.5. The summed E-state index contributed by atoms with van der Waals surface area (Å²) in [7, 11) is 0. The Balaban J connectivity index is 1.91. The third-order valence-corrected chi connectivity index (χ3v) is 3.79. The number of hydrogen-bond acceptors (Lipinski definition) is 5. The van der Waals surface area contributed by atoms with Crippen LogP contribution in [0.5, 0.6) is 0 Å². The number of thioether (sulfide) groups is 1. The van der Waals surface area contributed by atoms with Crippen molar-refractivity contribution in [3.63, 3.8) is 0 Å². The molecule has 1 amide bonds. The minimum Gasteiger partial charge on any atom is -0.325 e. The Bertz CT molecular complexity index is 704. The lowest BCUT2D eigenvalue weighted by Crippen LogP contribution is -2.16. The first-order chi connectivity index (χ1) is 10.3. The molecule has 1 heterocycles. The van der Waals surface area contributed by atoms with Gasteiger partial charge in [-0.05, 0) is 23.1 Å². The van der Waals surface area contributed by atoms with Gasteiger partial charge in [-0.15, -0.1) is 5.10 Å². The number of aromatic nitrogens is 3. The van der Waals surface area contributed by atoms with Crippen molar-refractivity contribution in [1.82, 2.24) is 15.2 Å². The first-order valence-electron chi connectivity index (χ1n) is 6.80. The van der Waals surface area contributed by atoms with Gasteiger partial charge in [0.1, 0.15) is 6.20 Å². The van der Waals surface area contributed by atoms with Crippen LogP contribution in [0.4, 0.5) is 5.69 Å². The molecule has 2 aromatic rings. The number of H-pyrrole nitrogens is 1. The van der Waals surface area contributed by atoms with E-state index in [-0.39, 0.29) is 22.6 Å². The fourth-order valence-electron chi connectivity index (χ4n) is 1.75. The normalized spacial score (nSPS) is 11.2. The molecule has 1 aromatic heterocycles. The van der Waals surface area contributed by atoms with Gasteiger partial charge in [0.2, 0.25) is 5.91 Å². The monoisotopic (exact) mass is 318 g/mol. The lowest BCUT2D eigenvalue weighted by Gasteiger charge is -2.19. The number of nitrogens with zero attached hydrogens (tertiary/aromatic N) is 2. The summed E-state index contributed by atoms with van der Waals surface area (Å²) in [4.78, 5) is 25.5. The third-order valence-electron chi connectivity index (χ3n) is 2.93. The summed E-state index contributed by atoms with van der Waals surface area (Å²) in [6.45, 7) is 6.41. The molecular formula is C15H18N4O2S. The van der Waals surface area contributed by atoms with Gasteiger partial charge in [-0.2, -0.15) is 5.10 Å². The molecule has 22 heavy (non-hydrogen) atoms. The number of benzene rings is 1. The SMILES string of the molecule is CC(C)(C)c1ccc(NC(=O)CSc2nncc(=O)[nH]2)cc1. The number of nitrogens with one attached hydrogen (secondary N) is 2. The van der Waals surface area contributed by atoms with Crippen LogP contribution < -0.4 is 10.9 Å². The van der Waals surface area contributed by atoms with Gasteiger partial charge in [-0.3, -0.25) is 14.6 Å². The van der Waals surface area contributed by atoms with E-state index in [0.29, 0.717) is 5.16 Å². The molecule has 0 aliphatic carbocycles. The standard InChI is InChI=1S/C15H18N4O2S/c1-15(2,3)10-4-6-11(7-5-10)17-13(21)9-22-14-18-12(20)8-16-19-14/h4-8H,9H2,1-3H3,(H,17,21)(H,18,19,20). The maximum atomic E-state index is 11.9. The number of rotatable bonds is 4. The summed E-state index contributed by atoms with van der Waals surface area (Å²) in [5, 5.41) is 10.4. The highest BCUT2D eigenvalue weighted by Gasteiger charge is 2.13. The Labute approximate surface area is 132 Å². The van der Waals surface area contributed by atoms with Crippen LogP contribution in [-0.4, -0.2) is 26.8 Å². The van der Waals surface area contributed by atoms with Crippen molar-refractivity contribution in [2.45, 2.75) is 31.3 Å². The molecule has 0 spiro atoms. The molecule has 0 atom stereocenters. The van der Waals surface area contributed by atoms with Crippen molar-refractivity contribution in [3.8, 4) is 0 Å². The molecule has 0 aliphatic rings. The van der Waals surface area contributed by atoms with Gasteiger partial charge >= 0.3 is 0 Å². The van der Waals surface area contributed by atoms with E-state index in [4.69, 9.17) is 0 Å². The van der Waals surface area contributed by atoms with Crippen LogP contribution in [0.1, 0.15) is 26.3 Å². The highest BCUT2D eigenvalue weighted by atomic mass is 32.2. The number of carbonyl (C=O) groups is 1. The first-order valence-corrected chi connectivity index (χ1v) is 7.78. The number of aromatic amines is 1. The number of anilines is 1. The van der Waals surface area contributed by atoms with Crippen molar-refractivity contribution in [1.29, 1.82) is 0 Å². The maximum absolute atomic E-state index is 11.9. The average molecular weight is 318 g/mol. The molecule has 0 aliphatic heterocycles. The maximum Gasteiger partial charge on any atom is 0.270 e. The predicted molar refractivity (Wildman–Crippen MR) is 87.1 cm³/mol. The van der Waals surface area contributed by atoms with Crippen molar-refractivity contribution in [2.24, 2.45) is 0 Å². The second kappa shape index (κ2) is 6.74. The van der Waals surface area contributed by atoms with Crippen LogP contribution >= 0.6 is 11.8 Å². The molecule has 2 N–H and O–H groups in total. The van der Waals surface area contributed by atoms with Crippen LogP contribution in [0, 0.1) is 0 Å². The van der Waals surface area contributed by atoms with E-state index in [1.54, 1.807) is 0 Å². The summed E-state index contributed by atoms with van der Waals surface area (Å²) in [6.07, 6.45) is 1.08. The molecule has 0 bridgehead atoms. The summed E-state index contributed by atoms with van der Waals surface area (Å²) >= 11 is 1.13. The Kier molecular flexibility index (Phi) is 4.97. The molecular weight excluding hydrogens is 300 g/mol. The average Bonchev–Trinajstić information content (AvgIpc) is 2.45. The van der Waals surface area contributed by atoms with E-state index >= 15 is 0 Å². The largest absolute Gasteiger partial charge is 0.325 e. The molecule has 0 saturated heterocycles. The van der Waals surface area contributed by atoms with Gasteiger partial charge in [-0.1, -0.05) is 44.7 Å². The van der Waals surface area contributed by atoms with Crippen LogP contribution in [0.3, 0.4) is 0 Å². The minimum absolute atomic E-state index is 0.0796. The highest BCUT2D eigenvalue weighted by Crippen LogP contribution is 2.23. The van der Waals surface area contributed by atoms with E-state index in [0.717, 1.165) is 23.6 Å². The molecule has 116 valence electrons. The van der Waals surface area contributed by atoms with Crippen molar-refractivity contribution < 1.29 is 4.79 Å². The van der Waals surface area contributed by atoms with E-state index in [2.05, 4.69) is 41.3 Å². The Morgan fingerprint density at radius 2 is 1.95 bits per heavy atom. The topological polar surface area (TPSA) is 87.7 Å². The summed E-state index contributed by atoms with van der Waals surface area (Å²) < 4.78 is 0. The number of carbonyl (C=O) groups excluding carboxylic acids is 1. The first kappa shape index (κ1) is 16.2. The van der Waals surface area contributed by atoms with Gasteiger partial charge in [0.25, 0.3) is 5.56 Å². The van der Waals surface area contributed by atoms with Crippen molar-refractivity contribution in [3.05, 3.63) is 46.4 Å². The second-order valence-corrected chi connectivity index (χ2v) is 6.77. The Morgan fingerprint density at radius 3 is 2.55 bits per heavy atom. The van der Waals surface area contributed by atoms with Crippen LogP contribution in [0.15, 0.2) is 40.4 Å². The van der Waals surface area contributed by atoms with Gasteiger partial charge in [0, 0.05) is 5.69 Å². The van der Waals surface area contributed by atoms with Gasteiger partial charge in [0.15, 0.2) is 5.16 Å². The summed E-state index contributed by atoms with van der Waals surface area (Å²) in [5.41, 5.74) is 1.69. The van der Waals surface area contributed by atoms with E-state index in [1.165, 1.54) is 5.56 Å². The fraction of sp³-hybridized carbons (Fsp3) is 0.333. The zero-order valence-electron chi connectivity index (χ0n) is 12.7. The van der Waals surface area contributed by atoms with Crippen LogP contribution in [-0.2, 0) is 10.2 Å².